The van der Waals surface area contributed by atoms with Gasteiger partial charge >= 0.3 is 0 Å². The van der Waals surface area contributed by atoms with Crippen LogP contribution in [0.3, 0.4) is 0 Å². The summed E-state index contributed by atoms with van der Waals surface area (Å²) >= 11 is 1.53. The molecule has 3 aromatic rings. The molecule has 1 N–H and O–H groups in total. The quantitative estimate of drug-likeness (QED) is 0.578. The fourth-order valence-corrected chi connectivity index (χ4v) is 2.47. The maximum atomic E-state index is 5.44. The number of aryl methyl sites for hydroxylation is 1. The highest BCUT2D eigenvalue weighted by molar-refractivity contribution is 7.13. The second-order valence-corrected chi connectivity index (χ2v) is 5.09. The molecule has 0 aliphatic heterocycles. The van der Waals surface area contributed by atoms with Gasteiger partial charge in [0.05, 0.1) is 18.2 Å². The highest BCUT2D eigenvalue weighted by Crippen LogP contribution is 2.23. The number of aromatic nitrogens is 1. The van der Waals surface area contributed by atoms with Crippen LogP contribution in [0.2, 0.25) is 0 Å². The van der Waals surface area contributed by atoms with Gasteiger partial charge in [0, 0.05) is 16.5 Å². The van der Waals surface area contributed by atoms with E-state index in [1.165, 1.54) is 11.3 Å². The zero-order chi connectivity index (χ0) is 13.8. The highest BCUT2D eigenvalue weighted by atomic mass is 32.1. The summed E-state index contributed by atoms with van der Waals surface area (Å²) in [5.41, 5.74) is 5.92. The Labute approximate surface area is 120 Å². The molecule has 0 saturated carbocycles. The van der Waals surface area contributed by atoms with Crippen LogP contribution < -0.4 is 5.43 Å². The first kappa shape index (κ1) is 12.6. The van der Waals surface area contributed by atoms with Crippen LogP contribution in [-0.4, -0.2) is 11.2 Å². The predicted octanol–water partition coefficient (Wildman–Crippen LogP) is 4.16. The lowest BCUT2D eigenvalue weighted by Gasteiger charge is -2.01. The number of hydrogen-bond acceptors (Lipinski definition) is 5. The van der Waals surface area contributed by atoms with Crippen LogP contribution in [0, 0.1) is 6.92 Å². The third-order valence-corrected chi connectivity index (χ3v) is 3.60. The Morgan fingerprint density at radius 2 is 2.15 bits per heavy atom. The van der Waals surface area contributed by atoms with E-state index in [0.29, 0.717) is 0 Å². The summed E-state index contributed by atoms with van der Waals surface area (Å²) in [6, 6.07) is 11.8. The first-order valence-electron chi connectivity index (χ1n) is 6.17. The summed E-state index contributed by atoms with van der Waals surface area (Å²) in [5, 5.41) is 6.99. The lowest BCUT2D eigenvalue weighted by atomic mass is 10.1. The summed E-state index contributed by atoms with van der Waals surface area (Å²) in [6.07, 6.45) is 3.44. The molecule has 2 heterocycles. The van der Waals surface area contributed by atoms with Gasteiger partial charge in [0.1, 0.15) is 5.76 Å². The van der Waals surface area contributed by atoms with Crippen LogP contribution in [-0.2, 0) is 0 Å². The Hall–Kier alpha value is -2.40. The normalized spacial score (nSPS) is 11.1. The second-order valence-electron chi connectivity index (χ2n) is 4.23. The van der Waals surface area contributed by atoms with Gasteiger partial charge < -0.3 is 4.42 Å². The van der Waals surface area contributed by atoms with E-state index in [1.54, 1.807) is 12.5 Å². The first-order chi connectivity index (χ1) is 9.83. The lowest BCUT2D eigenvalue weighted by Crippen LogP contribution is -1.92. The summed E-state index contributed by atoms with van der Waals surface area (Å²) < 4.78 is 5.44. The summed E-state index contributed by atoms with van der Waals surface area (Å²) in [6.45, 7) is 1.96. The molecule has 0 saturated heterocycles. The number of furan rings is 1. The van der Waals surface area contributed by atoms with Gasteiger partial charge in [0.15, 0.2) is 0 Å². The van der Waals surface area contributed by atoms with E-state index in [1.807, 2.05) is 48.7 Å². The van der Waals surface area contributed by atoms with Crippen LogP contribution in [0.25, 0.3) is 11.3 Å². The number of rotatable bonds is 4. The van der Waals surface area contributed by atoms with Gasteiger partial charge in [-0.15, -0.1) is 11.3 Å². The molecule has 2 aromatic heterocycles. The molecule has 0 bridgehead atoms. The Balaban J connectivity index is 1.80. The number of hydrogen-bond donors (Lipinski definition) is 1. The van der Waals surface area contributed by atoms with Crippen molar-refractivity contribution in [2.24, 2.45) is 5.10 Å². The Kier molecular flexibility index (Phi) is 3.60. The van der Waals surface area contributed by atoms with E-state index < -0.39 is 0 Å². The molecule has 3 rings (SSSR count). The van der Waals surface area contributed by atoms with Crippen LogP contribution in [0.15, 0.2) is 57.6 Å². The van der Waals surface area contributed by atoms with Crippen molar-refractivity contribution in [1.29, 1.82) is 0 Å². The summed E-state index contributed by atoms with van der Waals surface area (Å²) in [7, 11) is 0. The van der Waals surface area contributed by atoms with Gasteiger partial charge in [0.25, 0.3) is 0 Å². The van der Waals surface area contributed by atoms with E-state index in [2.05, 4.69) is 15.5 Å². The van der Waals surface area contributed by atoms with Gasteiger partial charge in [0.2, 0.25) is 5.13 Å². The molecular weight excluding hydrogens is 270 g/mol. The van der Waals surface area contributed by atoms with Crippen molar-refractivity contribution < 1.29 is 4.42 Å². The lowest BCUT2D eigenvalue weighted by molar-refractivity contribution is 0.582. The molecule has 4 nitrogen and oxygen atoms in total. The molecule has 0 amide bonds. The molecule has 0 atom stereocenters. The SMILES string of the molecule is Cc1csc(NN=Cc2ccccc2-c2ccco2)n1. The fraction of sp³-hybridized carbons (Fsp3) is 0.0667. The maximum absolute atomic E-state index is 5.44. The number of thiazole rings is 1. The molecule has 0 radical (unpaired) electrons. The van der Waals surface area contributed by atoms with E-state index >= 15 is 0 Å². The minimum Gasteiger partial charge on any atom is -0.464 e. The third kappa shape index (κ3) is 2.78. The van der Waals surface area contributed by atoms with E-state index in [0.717, 1.165) is 27.7 Å². The zero-order valence-corrected chi connectivity index (χ0v) is 11.7. The topological polar surface area (TPSA) is 50.4 Å². The van der Waals surface area contributed by atoms with E-state index in [-0.39, 0.29) is 0 Å². The standard InChI is InChI=1S/C15H13N3OS/c1-11-10-20-15(17-11)18-16-9-12-5-2-3-6-13(12)14-7-4-8-19-14/h2-10H,1H3,(H,17,18). The molecule has 0 aliphatic rings. The molecule has 0 spiro atoms. The molecular formula is C15H13N3OS. The third-order valence-electron chi connectivity index (χ3n) is 2.73. The molecule has 0 fully saturated rings. The van der Waals surface area contributed by atoms with Crippen molar-refractivity contribution in [3.05, 3.63) is 59.3 Å². The average Bonchev–Trinajstić information content (AvgIpc) is 3.11. The van der Waals surface area contributed by atoms with E-state index in [4.69, 9.17) is 4.42 Å². The molecule has 5 heteroatoms. The fourth-order valence-electron chi connectivity index (χ4n) is 1.83. The molecule has 0 aliphatic carbocycles. The van der Waals surface area contributed by atoms with Gasteiger partial charge in [-0.05, 0) is 19.1 Å². The number of benzene rings is 1. The van der Waals surface area contributed by atoms with Crippen molar-refractivity contribution in [2.75, 3.05) is 5.43 Å². The number of anilines is 1. The molecule has 100 valence electrons. The largest absolute Gasteiger partial charge is 0.464 e. The molecule has 1 aromatic carbocycles. The maximum Gasteiger partial charge on any atom is 0.203 e. The van der Waals surface area contributed by atoms with Gasteiger partial charge in [-0.1, -0.05) is 24.3 Å². The van der Waals surface area contributed by atoms with Crippen molar-refractivity contribution in [3.8, 4) is 11.3 Å². The van der Waals surface area contributed by atoms with Gasteiger partial charge in [-0.3, -0.25) is 5.43 Å². The van der Waals surface area contributed by atoms with Gasteiger partial charge in [-0.25, -0.2) is 4.98 Å². The van der Waals surface area contributed by atoms with Gasteiger partial charge in [-0.2, -0.15) is 5.10 Å². The summed E-state index contributed by atoms with van der Waals surface area (Å²) in [5.74, 6) is 0.831. The molecule has 20 heavy (non-hydrogen) atoms. The van der Waals surface area contributed by atoms with E-state index in [9.17, 15) is 0 Å². The van der Waals surface area contributed by atoms with Crippen molar-refractivity contribution >= 4 is 22.7 Å². The second kappa shape index (κ2) is 5.71. The molecule has 0 unspecified atom stereocenters. The van der Waals surface area contributed by atoms with Crippen LogP contribution in [0.1, 0.15) is 11.3 Å². The Morgan fingerprint density at radius 3 is 2.90 bits per heavy atom. The van der Waals surface area contributed by atoms with Crippen molar-refractivity contribution in [2.45, 2.75) is 6.92 Å². The number of hydrazone groups is 1. The van der Waals surface area contributed by atoms with Crippen LogP contribution in [0.4, 0.5) is 5.13 Å². The van der Waals surface area contributed by atoms with Crippen LogP contribution in [0.5, 0.6) is 0 Å². The van der Waals surface area contributed by atoms with Crippen molar-refractivity contribution in [1.82, 2.24) is 4.98 Å². The monoisotopic (exact) mass is 283 g/mol. The minimum absolute atomic E-state index is 0.786. The average molecular weight is 283 g/mol. The number of nitrogens with one attached hydrogen (secondary N) is 1. The zero-order valence-electron chi connectivity index (χ0n) is 10.9. The smallest absolute Gasteiger partial charge is 0.203 e. The number of nitrogens with zero attached hydrogens (tertiary/aromatic N) is 2. The predicted molar refractivity (Wildman–Crippen MR) is 82.2 cm³/mol. The van der Waals surface area contributed by atoms with Crippen LogP contribution >= 0.6 is 11.3 Å². The first-order valence-corrected chi connectivity index (χ1v) is 7.05. The minimum atomic E-state index is 0.786. The Morgan fingerprint density at radius 1 is 1.25 bits per heavy atom. The highest BCUT2D eigenvalue weighted by Gasteiger charge is 2.04. The van der Waals surface area contributed by atoms with Crippen molar-refractivity contribution in [3.63, 3.8) is 0 Å². The Bertz CT molecular complexity index is 716. The summed E-state index contributed by atoms with van der Waals surface area (Å²) in [4.78, 5) is 4.29.